The summed E-state index contributed by atoms with van der Waals surface area (Å²) in [6.07, 6.45) is 11.8. The number of aromatic nitrogens is 3. The average Bonchev–Trinajstić information content (AvgIpc) is 3.34. The van der Waals surface area contributed by atoms with Crippen molar-refractivity contribution in [3.8, 4) is 11.9 Å². The van der Waals surface area contributed by atoms with Gasteiger partial charge in [-0.1, -0.05) is 24.3 Å². The zero-order valence-corrected chi connectivity index (χ0v) is 24.8. The van der Waals surface area contributed by atoms with Crippen LogP contribution in [-0.2, 0) is 24.4 Å². The van der Waals surface area contributed by atoms with Crippen molar-refractivity contribution in [2.75, 3.05) is 33.0 Å². The van der Waals surface area contributed by atoms with Gasteiger partial charge in [0.15, 0.2) is 0 Å². The van der Waals surface area contributed by atoms with Crippen LogP contribution in [0.1, 0.15) is 41.9 Å². The highest BCUT2D eigenvalue weighted by Gasteiger charge is 2.39. The quantitative estimate of drug-likeness (QED) is 0.388. The Morgan fingerprint density at radius 1 is 1.26 bits per heavy atom. The fourth-order valence-electron chi connectivity index (χ4n) is 5.63. The Hall–Kier alpha value is -3.49. The van der Waals surface area contributed by atoms with Crippen molar-refractivity contribution in [2.45, 2.75) is 49.9 Å². The van der Waals surface area contributed by atoms with E-state index in [0.717, 1.165) is 68.9 Å². The molecule has 0 spiro atoms. The Kier molecular flexibility index (Phi) is 8.45. The van der Waals surface area contributed by atoms with Crippen molar-refractivity contribution in [3.63, 3.8) is 0 Å². The van der Waals surface area contributed by atoms with E-state index in [1.807, 2.05) is 25.2 Å². The molecule has 0 radical (unpaired) electrons. The Morgan fingerprint density at radius 2 is 2.14 bits per heavy atom. The maximum atomic E-state index is 14.3. The molecule has 2 unspecified atom stereocenters. The SMILES string of the molecule is CNC1C=c2nc(CN3CC=C(c4cccc(OCc5ccc(C#N)cc5F)n4)CC3)n(CC3(SC)CCO3)c2=CC1. The Morgan fingerprint density at radius 3 is 2.83 bits per heavy atom. The van der Waals surface area contributed by atoms with Crippen molar-refractivity contribution in [1.29, 1.82) is 5.26 Å². The number of thioether (sulfide) groups is 1. The van der Waals surface area contributed by atoms with E-state index in [9.17, 15) is 4.39 Å². The third kappa shape index (κ3) is 6.01. The summed E-state index contributed by atoms with van der Waals surface area (Å²) in [6, 6.07) is 12.3. The van der Waals surface area contributed by atoms with Crippen LogP contribution in [0.2, 0.25) is 0 Å². The second-order valence-corrected chi connectivity index (χ2v) is 12.0. The van der Waals surface area contributed by atoms with Gasteiger partial charge in [-0.15, -0.1) is 11.8 Å². The summed E-state index contributed by atoms with van der Waals surface area (Å²) >= 11 is 1.79. The topological polar surface area (TPSA) is 88.2 Å². The Bertz CT molecular complexity index is 1650. The Balaban J connectivity index is 1.15. The molecule has 42 heavy (non-hydrogen) atoms. The number of benzene rings is 1. The first-order valence-corrected chi connectivity index (χ1v) is 15.6. The lowest BCUT2D eigenvalue weighted by Crippen LogP contribution is -2.48. The zero-order valence-electron chi connectivity index (χ0n) is 24.0. The largest absolute Gasteiger partial charge is 0.473 e. The number of halogens is 1. The fourth-order valence-corrected chi connectivity index (χ4v) is 6.38. The lowest BCUT2D eigenvalue weighted by Gasteiger charge is -2.41. The first kappa shape index (κ1) is 28.6. The van der Waals surface area contributed by atoms with Crippen molar-refractivity contribution < 1.29 is 13.9 Å². The van der Waals surface area contributed by atoms with E-state index in [2.05, 4.69) is 39.3 Å². The summed E-state index contributed by atoms with van der Waals surface area (Å²) in [4.78, 5) is 12.1. The molecule has 1 aliphatic carbocycles. The zero-order chi connectivity index (χ0) is 29.1. The van der Waals surface area contributed by atoms with Gasteiger partial charge in [-0.2, -0.15) is 5.26 Å². The normalized spacial score (nSPS) is 21.8. The lowest BCUT2D eigenvalue weighted by atomic mass is 10.0. The van der Waals surface area contributed by atoms with Gasteiger partial charge < -0.3 is 19.4 Å². The van der Waals surface area contributed by atoms with Gasteiger partial charge in [-0.25, -0.2) is 14.4 Å². The van der Waals surface area contributed by atoms with E-state index in [4.69, 9.17) is 24.7 Å². The van der Waals surface area contributed by atoms with Crippen LogP contribution in [0.15, 0.2) is 42.5 Å². The average molecular weight is 587 g/mol. The van der Waals surface area contributed by atoms with Crippen LogP contribution >= 0.6 is 11.8 Å². The van der Waals surface area contributed by atoms with E-state index in [0.29, 0.717) is 17.5 Å². The number of fused-ring (bicyclic) bond motifs is 1. The summed E-state index contributed by atoms with van der Waals surface area (Å²) in [6.45, 7) is 4.12. The van der Waals surface area contributed by atoms with E-state index in [-0.39, 0.29) is 17.1 Å². The summed E-state index contributed by atoms with van der Waals surface area (Å²) in [7, 11) is 1.99. The molecule has 4 heterocycles. The molecular formula is C32H35FN6O2S. The van der Waals surface area contributed by atoms with Gasteiger partial charge in [0.05, 0.1) is 47.7 Å². The van der Waals surface area contributed by atoms with Crippen molar-refractivity contribution in [2.24, 2.45) is 0 Å². The summed E-state index contributed by atoms with van der Waals surface area (Å²) < 4.78 is 28.5. The standard InChI is InChI=1S/C32H35FN6O2S/c1-35-25-8-9-29-28(17-25)36-30(39(29)21-32(42-2)12-15-41-32)19-38-13-10-23(11-14-38)27-4-3-5-31(37-27)40-20-24-7-6-22(18-34)16-26(24)33/h3-7,9-10,16-17,25,35H,8,11-15,19-21H2,1-2H3. The molecular weight excluding hydrogens is 551 g/mol. The van der Waals surface area contributed by atoms with Crippen molar-refractivity contribution in [3.05, 3.63) is 81.6 Å². The minimum Gasteiger partial charge on any atom is -0.473 e. The van der Waals surface area contributed by atoms with Crippen LogP contribution < -0.4 is 20.8 Å². The van der Waals surface area contributed by atoms with Gasteiger partial charge in [0.2, 0.25) is 5.88 Å². The summed E-state index contributed by atoms with van der Waals surface area (Å²) in [5.74, 6) is 1.07. The first-order valence-electron chi connectivity index (χ1n) is 14.3. The molecule has 10 heteroatoms. The molecule has 8 nitrogen and oxygen atoms in total. The van der Waals surface area contributed by atoms with Crippen LogP contribution in [0.25, 0.3) is 17.7 Å². The van der Waals surface area contributed by atoms with Crippen molar-refractivity contribution in [1.82, 2.24) is 24.8 Å². The lowest BCUT2D eigenvalue weighted by molar-refractivity contribution is -0.0882. The number of ether oxygens (including phenoxy) is 2. The van der Waals surface area contributed by atoms with Gasteiger partial charge in [0.25, 0.3) is 0 Å². The molecule has 3 aliphatic rings. The molecule has 0 bridgehead atoms. The van der Waals surface area contributed by atoms with Crippen LogP contribution in [0.3, 0.4) is 0 Å². The molecule has 1 saturated heterocycles. The number of nitrogens with one attached hydrogen (secondary N) is 1. The molecule has 1 aromatic carbocycles. The summed E-state index contributed by atoms with van der Waals surface area (Å²) in [5, 5.41) is 14.6. The number of imidazole rings is 1. The predicted octanol–water partition coefficient (Wildman–Crippen LogP) is 3.19. The van der Waals surface area contributed by atoms with E-state index in [1.165, 1.54) is 17.0 Å². The van der Waals surface area contributed by atoms with Crippen LogP contribution in [0, 0.1) is 17.1 Å². The Labute approximate surface area is 249 Å². The van der Waals surface area contributed by atoms with Gasteiger partial charge >= 0.3 is 0 Å². The maximum absolute atomic E-state index is 14.3. The first-order chi connectivity index (χ1) is 20.5. The van der Waals surface area contributed by atoms with Crippen LogP contribution in [-0.4, -0.2) is 63.4 Å². The number of nitrogens with zero attached hydrogens (tertiary/aromatic N) is 5. The molecule has 6 rings (SSSR count). The molecule has 2 atom stereocenters. The fraction of sp³-hybridized carbons (Fsp3) is 0.406. The highest BCUT2D eigenvalue weighted by molar-refractivity contribution is 7.99. The third-order valence-electron chi connectivity index (χ3n) is 8.30. The minimum atomic E-state index is -0.455. The van der Waals surface area contributed by atoms with E-state index in [1.54, 1.807) is 30.0 Å². The van der Waals surface area contributed by atoms with Crippen molar-refractivity contribution >= 4 is 29.5 Å². The van der Waals surface area contributed by atoms with Gasteiger partial charge in [-0.05, 0) is 56.0 Å². The number of hydrogen-bond acceptors (Lipinski definition) is 8. The number of rotatable bonds is 10. The molecule has 1 fully saturated rings. The molecule has 0 amide bonds. The minimum absolute atomic E-state index is 0.0459. The highest BCUT2D eigenvalue weighted by atomic mass is 32.2. The third-order valence-corrected chi connectivity index (χ3v) is 9.49. The number of hydrogen-bond donors (Lipinski definition) is 1. The smallest absolute Gasteiger partial charge is 0.214 e. The highest BCUT2D eigenvalue weighted by Crippen LogP contribution is 2.38. The molecule has 3 aromatic rings. The number of pyridine rings is 1. The molecule has 2 aromatic heterocycles. The van der Waals surface area contributed by atoms with Gasteiger partial charge in [-0.3, -0.25) is 4.90 Å². The second kappa shape index (κ2) is 12.4. The molecule has 0 saturated carbocycles. The van der Waals surface area contributed by atoms with Gasteiger partial charge in [0, 0.05) is 37.2 Å². The number of nitriles is 1. The van der Waals surface area contributed by atoms with E-state index >= 15 is 0 Å². The molecule has 2 aliphatic heterocycles. The van der Waals surface area contributed by atoms with E-state index < -0.39 is 5.82 Å². The molecule has 218 valence electrons. The second-order valence-electron chi connectivity index (χ2n) is 10.9. The van der Waals surface area contributed by atoms with Crippen LogP contribution in [0.4, 0.5) is 4.39 Å². The molecule has 1 N–H and O–H groups in total. The maximum Gasteiger partial charge on any atom is 0.214 e. The van der Waals surface area contributed by atoms with Crippen LogP contribution in [0.5, 0.6) is 5.88 Å². The van der Waals surface area contributed by atoms with Gasteiger partial charge in [0.1, 0.15) is 23.2 Å². The predicted molar refractivity (Wildman–Crippen MR) is 162 cm³/mol. The summed E-state index contributed by atoms with van der Waals surface area (Å²) in [5.41, 5.74) is 2.72. The monoisotopic (exact) mass is 586 g/mol.